The molecule has 26 heavy (non-hydrogen) atoms. The molecule has 3 rings (SSSR count). The van der Waals surface area contributed by atoms with Gasteiger partial charge >= 0.3 is 0 Å². The molecule has 134 valence electrons. The Morgan fingerprint density at radius 1 is 1.19 bits per heavy atom. The number of nitro groups is 1. The van der Waals surface area contributed by atoms with Crippen molar-refractivity contribution in [1.29, 1.82) is 0 Å². The molecule has 3 aromatic rings. The lowest BCUT2D eigenvalue weighted by Crippen LogP contribution is -2.07. The normalized spacial score (nSPS) is 10.7. The van der Waals surface area contributed by atoms with Gasteiger partial charge in [0.1, 0.15) is 5.75 Å². The largest absolute Gasteiger partial charge is 0.491 e. The van der Waals surface area contributed by atoms with Gasteiger partial charge in [-0.2, -0.15) is 0 Å². The minimum absolute atomic E-state index is 0.0580. The summed E-state index contributed by atoms with van der Waals surface area (Å²) in [6, 6.07) is 14.6. The number of hydrogen-bond donors (Lipinski definition) is 1. The average Bonchev–Trinajstić information content (AvgIpc) is 3.01. The number of aryl methyl sites for hydroxylation is 1. The monoisotopic (exact) mass is 352 g/mol. The summed E-state index contributed by atoms with van der Waals surface area (Å²) in [4.78, 5) is 14.9. The van der Waals surface area contributed by atoms with Crippen molar-refractivity contribution >= 4 is 11.4 Å². The minimum atomic E-state index is -0.512. The molecule has 0 amide bonds. The van der Waals surface area contributed by atoms with Crippen LogP contribution < -0.4 is 10.5 Å². The minimum Gasteiger partial charge on any atom is -0.491 e. The maximum atomic E-state index is 10.9. The number of nitro benzene ring substituents is 1. The van der Waals surface area contributed by atoms with Crippen LogP contribution in [-0.2, 0) is 6.54 Å². The van der Waals surface area contributed by atoms with Crippen molar-refractivity contribution in [3.05, 3.63) is 70.7 Å². The molecule has 0 bridgehead atoms. The van der Waals surface area contributed by atoms with Crippen LogP contribution in [0.5, 0.6) is 5.75 Å². The summed E-state index contributed by atoms with van der Waals surface area (Å²) in [5.41, 5.74) is 8.85. The van der Waals surface area contributed by atoms with Crippen molar-refractivity contribution < 1.29 is 9.66 Å². The number of nitrogens with two attached hydrogens (primary N) is 1. The Morgan fingerprint density at radius 3 is 2.69 bits per heavy atom. The molecule has 1 aromatic heterocycles. The van der Waals surface area contributed by atoms with E-state index in [1.54, 1.807) is 12.1 Å². The topological polar surface area (TPSA) is 96.2 Å². The van der Waals surface area contributed by atoms with Crippen molar-refractivity contribution in [3.63, 3.8) is 0 Å². The molecular weight excluding hydrogens is 332 g/mol. The van der Waals surface area contributed by atoms with Gasteiger partial charge in [-0.3, -0.25) is 10.1 Å². The van der Waals surface area contributed by atoms with E-state index in [-0.39, 0.29) is 11.4 Å². The second kappa shape index (κ2) is 7.69. The lowest BCUT2D eigenvalue weighted by atomic mass is 10.1. The van der Waals surface area contributed by atoms with Gasteiger partial charge in [0.15, 0.2) is 5.69 Å². The van der Waals surface area contributed by atoms with Crippen LogP contribution in [0.2, 0.25) is 0 Å². The van der Waals surface area contributed by atoms with Gasteiger partial charge in [0, 0.05) is 23.9 Å². The predicted octanol–water partition coefficient (Wildman–Crippen LogP) is 3.82. The number of anilines is 1. The SMILES string of the molecule is Cc1c(-c2ccccc2)ncn1CCCOc1cccc([N+](=O)[O-])c1N. The molecular formula is C19H20N4O3. The third-order valence-electron chi connectivity index (χ3n) is 4.19. The highest BCUT2D eigenvalue weighted by Crippen LogP contribution is 2.31. The molecule has 1 heterocycles. The first kappa shape index (κ1) is 17.5. The second-order valence-electron chi connectivity index (χ2n) is 5.89. The highest BCUT2D eigenvalue weighted by molar-refractivity contribution is 5.66. The Hall–Kier alpha value is -3.35. The molecule has 0 fully saturated rings. The van der Waals surface area contributed by atoms with Gasteiger partial charge < -0.3 is 15.0 Å². The maximum Gasteiger partial charge on any atom is 0.295 e. The molecule has 0 saturated heterocycles. The van der Waals surface area contributed by atoms with E-state index in [2.05, 4.69) is 9.55 Å². The second-order valence-corrected chi connectivity index (χ2v) is 5.89. The average molecular weight is 352 g/mol. The van der Waals surface area contributed by atoms with E-state index in [0.29, 0.717) is 12.4 Å². The van der Waals surface area contributed by atoms with E-state index >= 15 is 0 Å². The number of nitrogens with zero attached hydrogens (tertiary/aromatic N) is 3. The van der Waals surface area contributed by atoms with Gasteiger partial charge in [0.25, 0.3) is 5.69 Å². The fourth-order valence-electron chi connectivity index (χ4n) is 2.78. The number of aromatic nitrogens is 2. The molecule has 0 saturated carbocycles. The van der Waals surface area contributed by atoms with Crippen LogP contribution >= 0.6 is 0 Å². The van der Waals surface area contributed by atoms with Gasteiger partial charge in [-0.1, -0.05) is 36.4 Å². The number of nitrogen functional groups attached to an aromatic ring is 1. The third-order valence-corrected chi connectivity index (χ3v) is 4.19. The maximum absolute atomic E-state index is 10.9. The smallest absolute Gasteiger partial charge is 0.295 e. The van der Waals surface area contributed by atoms with E-state index < -0.39 is 4.92 Å². The lowest BCUT2D eigenvalue weighted by Gasteiger charge is -2.10. The number of rotatable bonds is 7. The summed E-state index contributed by atoms with van der Waals surface area (Å²) in [5.74, 6) is 0.339. The Bertz CT molecular complexity index is 906. The molecule has 0 spiro atoms. The van der Waals surface area contributed by atoms with Crippen molar-refractivity contribution in [2.24, 2.45) is 0 Å². The van der Waals surface area contributed by atoms with E-state index in [1.165, 1.54) is 6.07 Å². The van der Waals surface area contributed by atoms with Crippen molar-refractivity contribution in [2.75, 3.05) is 12.3 Å². The van der Waals surface area contributed by atoms with Gasteiger partial charge in [-0.25, -0.2) is 4.98 Å². The predicted molar refractivity (Wildman–Crippen MR) is 100 cm³/mol. The number of benzene rings is 2. The van der Waals surface area contributed by atoms with Crippen LogP contribution in [-0.4, -0.2) is 21.1 Å². The van der Waals surface area contributed by atoms with Gasteiger partial charge in [-0.05, 0) is 19.4 Å². The molecule has 0 unspecified atom stereocenters. The Kier molecular flexibility index (Phi) is 5.17. The van der Waals surface area contributed by atoms with Gasteiger partial charge in [0.2, 0.25) is 0 Å². The van der Waals surface area contributed by atoms with Crippen LogP contribution in [0.15, 0.2) is 54.9 Å². The van der Waals surface area contributed by atoms with Crippen molar-refractivity contribution in [2.45, 2.75) is 19.9 Å². The summed E-state index contributed by atoms with van der Waals surface area (Å²) in [6.07, 6.45) is 2.55. The summed E-state index contributed by atoms with van der Waals surface area (Å²) >= 11 is 0. The van der Waals surface area contributed by atoms with Gasteiger partial charge in [0.05, 0.1) is 23.6 Å². The quantitative estimate of drug-likeness (QED) is 0.302. The van der Waals surface area contributed by atoms with Crippen LogP contribution in [0, 0.1) is 17.0 Å². The van der Waals surface area contributed by atoms with E-state index in [4.69, 9.17) is 10.5 Å². The standard InChI is InChI=1S/C19H20N4O3/c1-14-19(15-7-3-2-4-8-15)21-13-22(14)11-6-12-26-17-10-5-9-16(18(17)20)23(24)25/h2-5,7-10,13H,6,11-12,20H2,1H3. The summed E-state index contributed by atoms with van der Waals surface area (Å²) in [5, 5.41) is 10.9. The highest BCUT2D eigenvalue weighted by Gasteiger charge is 2.15. The summed E-state index contributed by atoms with van der Waals surface area (Å²) in [7, 11) is 0. The molecule has 7 heteroatoms. The van der Waals surface area contributed by atoms with E-state index in [0.717, 1.165) is 29.9 Å². The molecule has 0 aliphatic rings. The molecule has 2 N–H and O–H groups in total. The zero-order chi connectivity index (χ0) is 18.5. The van der Waals surface area contributed by atoms with Crippen molar-refractivity contribution in [3.8, 4) is 17.0 Å². The van der Waals surface area contributed by atoms with Crippen molar-refractivity contribution in [1.82, 2.24) is 9.55 Å². The molecule has 0 aliphatic carbocycles. The number of ether oxygens (including phenoxy) is 1. The summed E-state index contributed by atoms with van der Waals surface area (Å²) < 4.78 is 7.69. The Labute approximate surface area is 151 Å². The zero-order valence-corrected chi connectivity index (χ0v) is 14.5. The summed E-state index contributed by atoms with van der Waals surface area (Å²) in [6.45, 7) is 3.18. The molecule has 0 atom stereocenters. The highest BCUT2D eigenvalue weighted by atomic mass is 16.6. The first-order chi connectivity index (χ1) is 12.6. The number of hydrogen-bond acceptors (Lipinski definition) is 5. The molecule has 0 radical (unpaired) electrons. The Balaban J connectivity index is 1.59. The molecule has 2 aromatic carbocycles. The van der Waals surface area contributed by atoms with E-state index in [9.17, 15) is 10.1 Å². The zero-order valence-electron chi connectivity index (χ0n) is 14.5. The number of para-hydroxylation sites is 1. The van der Waals surface area contributed by atoms with Gasteiger partial charge in [-0.15, -0.1) is 0 Å². The van der Waals surface area contributed by atoms with Crippen LogP contribution in [0.25, 0.3) is 11.3 Å². The third kappa shape index (κ3) is 3.66. The van der Waals surface area contributed by atoms with Crippen LogP contribution in [0.1, 0.15) is 12.1 Å². The fraction of sp³-hybridized carbons (Fsp3) is 0.211. The Morgan fingerprint density at radius 2 is 1.96 bits per heavy atom. The lowest BCUT2D eigenvalue weighted by molar-refractivity contribution is -0.384. The number of imidazole rings is 1. The van der Waals surface area contributed by atoms with Crippen LogP contribution in [0.3, 0.4) is 0 Å². The van der Waals surface area contributed by atoms with E-state index in [1.807, 2.05) is 43.6 Å². The molecule has 7 nitrogen and oxygen atoms in total. The molecule has 0 aliphatic heterocycles. The van der Waals surface area contributed by atoms with Crippen LogP contribution in [0.4, 0.5) is 11.4 Å². The first-order valence-corrected chi connectivity index (χ1v) is 8.30. The fourth-order valence-corrected chi connectivity index (χ4v) is 2.78. The first-order valence-electron chi connectivity index (χ1n) is 8.30.